The van der Waals surface area contributed by atoms with Crippen molar-refractivity contribution in [2.45, 2.75) is 60.6 Å². The Hall–Kier alpha value is -1.05. The first-order valence-corrected chi connectivity index (χ1v) is 10.4. The number of benzene rings is 1. The number of nitrogens with one attached hydrogen (secondary N) is 2. The summed E-state index contributed by atoms with van der Waals surface area (Å²) in [6, 6.07) is 4.94. The maximum atomic E-state index is 12.6. The highest BCUT2D eigenvalue weighted by Crippen LogP contribution is 2.37. The molecule has 0 unspecified atom stereocenters. The molecule has 3 rings (SSSR count). The quantitative estimate of drug-likeness (QED) is 0.875. The highest BCUT2D eigenvalue weighted by molar-refractivity contribution is 8.01. The van der Waals surface area contributed by atoms with Gasteiger partial charge >= 0.3 is 0 Å². The van der Waals surface area contributed by atoms with Gasteiger partial charge in [0, 0.05) is 10.9 Å². The minimum Gasteiger partial charge on any atom is -0.324 e. The second kappa shape index (κ2) is 6.45. The molecule has 7 heteroatoms. The SMILES string of the molecule is C[C@@H]1Sc2ccc(S(=O)(=O)N[C@@H]3CCCC[C@H]3C)cc2NC1=O. The van der Waals surface area contributed by atoms with Crippen LogP contribution >= 0.6 is 11.8 Å². The number of amides is 1. The Balaban J connectivity index is 1.83. The summed E-state index contributed by atoms with van der Waals surface area (Å²) in [4.78, 5) is 12.9. The van der Waals surface area contributed by atoms with Gasteiger partial charge in [-0.1, -0.05) is 19.8 Å². The van der Waals surface area contributed by atoms with Gasteiger partial charge < -0.3 is 5.32 Å². The maximum Gasteiger partial charge on any atom is 0.240 e. The lowest BCUT2D eigenvalue weighted by Crippen LogP contribution is -2.41. The Morgan fingerprint density at radius 1 is 1.22 bits per heavy atom. The molecule has 0 spiro atoms. The summed E-state index contributed by atoms with van der Waals surface area (Å²) in [5.41, 5.74) is 0.581. The van der Waals surface area contributed by atoms with Crippen molar-refractivity contribution in [3.63, 3.8) is 0 Å². The molecule has 2 N–H and O–H groups in total. The molecule has 1 aliphatic heterocycles. The van der Waals surface area contributed by atoms with E-state index in [4.69, 9.17) is 0 Å². The van der Waals surface area contributed by atoms with Crippen LogP contribution in [0.5, 0.6) is 0 Å². The molecular formula is C16H22N2O3S2. The molecule has 0 saturated heterocycles. The maximum absolute atomic E-state index is 12.6. The zero-order valence-electron chi connectivity index (χ0n) is 13.3. The average Bonchev–Trinajstić information content (AvgIpc) is 2.50. The van der Waals surface area contributed by atoms with Crippen LogP contribution in [0.15, 0.2) is 28.0 Å². The average molecular weight is 354 g/mol. The first-order chi connectivity index (χ1) is 10.9. The number of rotatable bonds is 3. The molecule has 0 bridgehead atoms. The number of thioether (sulfide) groups is 1. The predicted molar refractivity (Wildman–Crippen MR) is 92.1 cm³/mol. The smallest absolute Gasteiger partial charge is 0.240 e. The van der Waals surface area contributed by atoms with Gasteiger partial charge in [0.15, 0.2) is 0 Å². The van der Waals surface area contributed by atoms with Gasteiger partial charge in [-0.2, -0.15) is 0 Å². The van der Waals surface area contributed by atoms with E-state index in [0.717, 1.165) is 24.2 Å². The fourth-order valence-electron chi connectivity index (χ4n) is 3.11. The van der Waals surface area contributed by atoms with Crippen LogP contribution in [0.1, 0.15) is 39.5 Å². The largest absolute Gasteiger partial charge is 0.324 e. The van der Waals surface area contributed by atoms with E-state index in [1.165, 1.54) is 18.2 Å². The summed E-state index contributed by atoms with van der Waals surface area (Å²) in [6.45, 7) is 3.93. The fraction of sp³-hybridized carbons (Fsp3) is 0.562. The second-order valence-electron chi connectivity index (χ2n) is 6.40. The molecule has 1 aliphatic carbocycles. The molecule has 5 nitrogen and oxygen atoms in total. The van der Waals surface area contributed by atoms with E-state index in [2.05, 4.69) is 17.0 Å². The van der Waals surface area contributed by atoms with Gasteiger partial charge in [0.25, 0.3) is 0 Å². The van der Waals surface area contributed by atoms with Gasteiger partial charge in [0.1, 0.15) is 0 Å². The van der Waals surface area contributed by atoms with Crippen molar-refractivity contribution >= 4 is 33.4 Å². The lowest BCUT2D eigenvalue weighted by molar-refractivity contribution is -0.115. The van der Waals surface area contributed by atoms with Crippen molar-refractivity contribution in [1.29, 1.82) is 0 Å². The van der Waals surface area contributed by atoms with Crippen molar-refractivity contribution in [2.24, 2.45) is 5.92 Å². The lowest BCUT2D eigenvalue weighted by Gasteiger charge is -2.29. The highest BCUT2D eigenvalue weighted by Gasteiger charge is 2.29. The van der Waals surface area contributed by atoms with Crippen molar-refractivity contribution in [3.8, 4) is 0 Å². The molecule has 23 heavy (non-hydrogen) atoms. The number of hydrogen-bond donors (Lipinski definition) is 2. The third-order valence-corrected chi connectivity index (χ3v) is 7.28. The van der Waals surface area contributed by atoms with Gasteiger partial charge in [-0.3, -0.25) is 4.79 Å². The number of carbonyl (C=O) groups is 1. The molecule has 0 radical (unpaired) electrons. The molecule has 1 heterocycles. The van der Waals surface area contributed by atoms with Crippen molar-refractivity contribution in [3.05, 3.63) is 18.2 Å². The van der Waals surface area contributed by atoms with Gasteiger partial charge in [-0.25, -0.2) is 13.1 Å². The van der Waals surface area contributed by atoms with Gasteiger partial charge in [0.2, 0.25) is 15.9 Å². The monoisotopic (exact) mass is 354 g/mol. The number of hydrogen-bond acceptors (Lipinski definition) is 4. The Kier molecular flexibility index (Phi) is 4.71. The lowest BCUT2D eigenvalue weighted by atomic mass is 9.87. The minimum atomic E-state index is -3.57. The van der Waals surface area contributed by atoms with E-state index in [-0.39, 0.29) is 22.1 Å². The zero-order valence-corrected chi connectivity index (χ0v) is 15.0. The molecule has 0 aromatic heterocycles. The van der Waals surface area contributed by atoms with Crippen LogP contribution in [0.4, 0.5) is 5.69 Å². The molecule has 1 aromatic carbocycles. The minimum absolute atomic E-state index is 0.00577. The molecule has 3 atom stereocenters. The van der Waals surface area contributed by atoms with Crippen LogP contribution in [0.3, 0.4) is 0 Å². The molecular weight excluding hydrogens is 332 g/mol. The zero-order chi connectivity index (χ0) is 16.6. The molecule has 1 aromatic rings. The molecule has 126 valence electrons. The van der Waals surface area contributed by atoms with Gasteiger partial charge in [-0.15, -0.1) is 11.8 Å². The Morgan fingerprint density at radius 3 is 2.70 bits per heavy atom. The summed E-state index contributed by atoms with van der Waals surface area (Å²) >= 11 is 1.45. The highest BCUT2D eigenvalue weighted by atomic mass is 32.2. The van der Waals surface area contributed by atoms with E-state index in [1.54, 1.807) is 18.2 Å². The van der Waals surface area contributed by atoms with E-state index in [9.17, 15) is 13.2 Å². The summed E-state index contributed by atoms with van der Waals surface area (Å²) in [5, 5.41) is 2.62. The summed E-state index contributed by atoms with van der Waals surface area (Å²) in [6.07, 6.45) is 4.17. The van der Waals surface area contributed by atoms with Crippen molar-refractivity contribution < 1.29 is 13.2 Å². The third-order valence-electron chi connectivity index (χ3n) is 4.61. The van der Waals surface area contributed by atoms with Crippen LogP contribution in [-0.4, -0.2) is 25.6 Å². The first kappa shape index (κ1) is 16.8. The summed E-state index contributed by atoms with van der Waals surface area (Å²) < 4.78 is 28.1. The van der Waals surface area contributed by atoms with Gasteiger partial charge in [0.05, 0.1) is 15.8 Å². The summed E-state index contributed by atoms with van der Waals surface area (Å²) in [7, 11) is -3.57. The standard InChI is InChI=1S/C16H22N2O3S2/c1-10-5-3-4-6-13(10)18-23(20,21)12-7-8-15-14(9-12)17-16(19)11(2)22-15/h7-11,13,18H,3-6H2,1-2H3,(H,17,19)/t10-,11+,13-/m1/s1. The van der Waals surface area contributed by atoms with E-state index in [0.29, 0.717) is 11.6 Å². The summed E-state index contributed by atoms with van der Waals surface area (Å²) in [5.74, 6) is 0.262. The molecule has 1 saturated carbocycles. The molecule has 2 aliphatic rings. The Bertz CT molecular complexity index is 718. The van der Waals surface area contributed by atoms with Crippen LogP contribution in [0.25, 0.3) is 0 Å². The Labute approximate surface area is 141 Å². The second-order valence-corrected chi connectivity index (χ2v) is 9.49. The fourth-order valence-corrected chi connectivity index (χ4v) is 5.45. The van der Waals surface area contributed by atoms with E-state index in [1.807, 2.05) is 6.92 Å². The van der Waals surface area contributed by atoms with E-state index >= 15 is 0 Å². The molecule has 1 amide bonds. The van der Waals surface area contributed by atoms with Crippen LogP contribution < -0.4 is 10.0 Å². The van der Waals surface area contributed by atoms with E-state index < -0.39 is 10.0 Å². The van der Waals surface area contributed by atoms with Gasteiger partial charge in [-0.05, 0) is 43.9 Å². The normalized spacial score (nSPS) is 28.1. The van der Waals surface area contributed by atoms with Crippen LogP contribution in [0, 0.1) is 5.92 Å². The number of fused-ring (bicyclic) bond motifs is 1. The topological polar surface area (TPSA) is 75.3 Å². The Morgan fingerprint density at radius 2 is 1.96 bits per heavy atom. The van der Waals surface area contributed by atoms with Crippen LogP contribution in [-0.2, 0) is 14.8 Å². The number of sulfonamides is 1. The number of carbonyl (C=O) groups excluding carboxylic acids is 1. The third kappa shape index (κ3) is 3.56. The van der Waals surface area contributed by atoms with Crippen molar-refractivity contribution in [1.82, 2.24) is 4.72 Å². The first-order valence-electron chi connectivity index (χ1n) is 8.01. The predicted octanol–water partition coefficient (Wildman–Crippen LogP) is 2.98. The number of anilines is 1. The molecule has 1 fully saturated rings. The van der Waals surface area contributed by atoms with Crippen molar-refractivity contribution in [2.75, 3.05) is 5.32 Å². The van der Waals surface area contributed by atoms with Crippen LogP contribution in [0.2, 0.25) is 0 Å².